The van der Waals surface area contributed by atoms with Gasteiger partial charge in [-0.3, -0.25) is 0 Å². The molecule has 0 amide bonds. The van der Waals surface area contributed by atoms with Gasteiger partial charge in [-0.1, -0.05) is 13.8 Å². The highest BCUT2D eigenvalue weighted by Crippen LogP contribution is 2.29. The van der Waals surface area contributed by atoms with Crippen LogP contribution in [0.1, 0.15) is 32.1 Å². The third-order valence-corrected chi connectivity index (χ3v) is 4.23. The van der Waals surface area contributed by atoms with Crippen molar-refractivity contribution < 1.29 is 0 Å². The zero-order valence-corrected chi connectivity index (χ0v) is 12.3. The molecular weight excluding hydrogens is 298 g/mol. The second-order valence-electron chi connectivity index (χ2n) is 4.55. The molecule has 17 heavy (non-hydrogen) atoms. The molecule has 1 unspecified atom stereocenters. The maximum atomic E-state index is 6.09. The molecule has 0 aliphatic rings. The Hall–Kier alpha value is -0.650. The average Bonchev–Trinajstić information content (AvgIpc) is 2.84. The molecule has 3 N–H and O–H groups in total. The van der Waals surface area contributed by atoms with Gasteiger partial charge in [0, 0.05) is 9.85 Å². The van der Waals surface area contributed by atoms with Crippen LogP contribution in [-0.2, 0) is 0 Å². The van der Waals surface area contributed by atoms with Gasteiger partial charge in [0.25, 0.3) is 0 Å². The lowest BCUT2D eigenvalue weighted by atomic mass is 10.0. The molecule has 0 radical (unpaired) electrons. The number of rotatable bonds is 4. The molecular formula is C12H16BrN3S. The summed E-state index contributed by atoms with van der Waals surface area (Å²) in [5, 5.41) is 2.06. The van der Waals surface area contributed by atoms with Crippen LogP contribution in [0.2, 0.25) is 0 Å². The second kappa shape index (κ2) is 5.33. The van der Waals surface area contributed by atoms with Crippen molar-refractivity contribution in [2.24, 2.45) is 11.7 Å². The fraction of sp³-hybridized carbons (Fsp3) is 0.417. The van der Waals surface area contributed by atoms with Crippen LogP contribution < -0.4 is 5.73 Å². The minimum Gasteiger partial charge on any atom is -0.340 e. The van der Waals surface area contributed by atoms with Crippen LogP contribution in [0.3, 0.4) is 0 Å². The van der Waals surface area contributed by atoms with E-state index in [1.54, 1.807) is 11.3 Å². The summed E-state index contributed by atoms with van der Waals surface area (Å²) >= 11 is 5.13. The molecule has 3 nitrogen and oxygen atoms in total. The summed E-state index contributed by atoms with van der Waals surface area (Å²) in [5.41, 5.74) is 7.13. The molecule has 0 saturated heterocycles. The molecule has 0 spiro atoms. The molecule has 0 aliphatic carbocycles. The Morgan fingerprint density at radius 2 is 2.29 bits per heavy atom. The van der Waals surface area contributed by atoms with Crippen LogP contribution in [0.25, 0.3) is 10.6 Å². The van der Waals surface area contributed by atoms with E-state index in [9.17, 15) is 0 Å². The van der Waals surface area contributed by atoms with Crippen molar-refractivity contribution in [3.63, 3.8) is 0 Å². The highest BCUT2D eigenvalue weighted by molar-refractivity contribution is 9.10. The van der Waals surface area contributed by atoms with E-state index >= 15 is 0 Å². The first kappa shape index (κ1) is 12.8. The van der Waals surface area contributed by atoms with Crippen LogP contribution in [0.15, 0.2) is 22.1 Å². The van der Waals surface area contributed by atoms with Crippen molar-refractivity contribution in [1.29, 1.82) is 0 Å². The van der Waals surface area contributed by atoms with Gasteiger partial charge < -0.3 is 10.7 Å². The van der Waals surface area contributed by atoms with E-state index in [1.807, 2.05) is 6.20 Å². The average molecular weight is 314 g/mol. The van der Waals surface area contributed by atoms with Gasteiger partial charge in [-0.15, -0.1) is 11.3 Å². The minimum absolute atomic E-state index is 0.00727. The Bertz CT molecular complexity index is 489. The largest absolute Gasteiger partial charge is 0.340 e. The fourth-order valence-electron chi connectivity index (χ4n) is 1.72. The van der Waals surface area contributed by atoms with E-state index in [0.29, 0.717) is 5.92 Å². The normalized spacial score (nSPS) is 13.2. The Labute approximate surface area is 114 Å². The number of imidazole rings is 1. The molecule has 0 aromatic carbocycles. The number of aromatic amines is 1. The summed E-state index contributed by atoms with van der Waals surface area (Å²) < 4.78 is 1.10. The number of thiophene rings is 1. The Morgan fingerprint density at radius 1 is 1.53 bits per heavy atom. The highest BCUT2D eigenvalue weighted by atomic mass is 79.9. The predicted octanol–water partition coefficient (Wildman–Crippen LogP) is 3.95. The van der Waals surface area contributed by atoms with Gasteiger partial charge in [0.15, 0.2) is 0 Å². The third kappa shape index (κ3) is 3.18. The SMILES string of the molecule is CC(C)CC(N)c1ncc(-c2cc(Br)cs2)[nH]1. The molecule has 0 saturated carbocycles. The zero-order valence-electron chi connectivity index (χ0n) is 9.90. The van der Waals surface area contributed by atoms with Gasteiger partial charge in [-0.2, -0.15) is 0 Å². The Kier molecular flexibility index (Phi) is 4.01. The van der Waals surface area contributed by atoms with Crippen LogP contribution in [0.5, 0.6) is 0 Å². The number of H-pyrrole nitrogens is 1. The summed E-state index contributed by atoms with van der Waals surface area (Å²) in [6, 6.07) is 2.07. The predicted molar refractivity (Wildman–Crippen MR) is 76.0 cm³/mol. The van der Waals surface area contributed by atoms with Crippen molar-refractivity contribution in [2.45, 2.75) is 26.3 Å². The van der Waals surface area contributed by atoms with Crippen molar-refractivity contribution in [3.05, 3.63) is 27.9 Å². The molecule has 2 aromatic rings. The fourth-order valence-corrected chi connectivity index (χ4v) is 3.12. The molecule has 0 aliphatic heterocycles. The summed E-state index contributed by atoms with van der Waals surface area (Å²) in [5.74, 6) is 1.45. The molecule has 2 heterocycles. The first-order valence-electron chi connectivity index (χ1n) is 5.61. The van der Waals surface area contributed by atoms with Crippen molar-refractivity contribution in [3.8, 4) is 10.6 Å². The number of nitrogens with one attached hydrogen (secondary N) is 1. The molecule has 0 fully saturated rings. The van der Waals surface area contributed by atoms with Gasteiger partial charge in [-0.05, 0) is 34.3 Å². The van der Waals surface area contributed by atoms with E-state index in [2.05, 4.69) is 51.2 Å². The Morgan fingerprint density at radius 3 is 2.88 bits per heavy atom. The molecule has 2 aromatic heterocycles. The number of hydrogen-bond acceptors (Lipinski definition) is 3. The maximum Gasteiger partial charge on any atom is 0.123 e. The van der Waals surface area contributed by atoms with Crippen molar-refractivity contribution >= 4 is 27.3 Å². The van der Waals surface area contributed by atoms with E-state index in [0.717, 1.165) is 22.4 Å². The lowest BCUT2D eigenvalue weighted by Gasteiger charge is -2.10. The van der Waals surface area contributed by atoms with Gasteiger partial charge >= 0.3 is 0 Å². The van der Waals surface area contributed by atoms with Crippen LogP contribution in [-0.4, -0.2) is 9.97 Å². The molecule has 92 valence electrons. The molecule has 0 bridgehead atoms. The summed E-state index contributed by atoms with van der Waals surface area (Å²) in [7, 11) is 0. The first-order chi connectivity index (χ1) is 8.06. The first-order valence-corrected chi connectivity index (χ1v) is 7.28. The van der Waals surface area contributed by atoms with Gasteiger partial charge in [0.1, 0.15) is 5.82 Å². The minimum atomic E-state index is -0.00727. The molecule has 5 heteroatoms. The smallest absolute Gasteiger partial charge is 0.123 e. The van der Waals surface area contributed by atoms with Crippen LogP contribution in [0, 0.1) is 5.92 Å². The lowest BCUT2D eigenvalue weighted by molar-refractivity contribution is 0.496. The topological polar surface area (TPSA) is 54.7 Å². The number of halogens is 1. The van der Waals surface area contributed by atoms with E-state index < -0.39 is 0 Å². The standard InChI is InChI=1S/C12H16BrN3S/c1-7(2)3-9(14)12-15-5-10(16-12)11-4-8(13)6-17-11/h4-7,9H,3,14H2,1-2H3,(H,15,16). The number of nitrogens with zero attached hydrogens (tertiary/aromatic N) is 1. The second-order valence-corrected chi connectivity index (χ2v) is 6.37. The van der Waals surface area contributed by atoms with Gasteiger partial charge in [0.2, 0.25) is 0 Å². The summed E-state index contributed by atoms with van der Waals surface area (Å²) in [6.45, 7) is 4.33. The van der Waals surface area contributed by atoms with Crippen molar-refractivity contribution in [2.75, 3.05) is 0 Å². The molecule has 2 rings (SSSR count). The van der Waals surface area contributed by atoms with Gasteiger partial charge in [-0.25, -0.2) is 4.98 Å². The third-order valence-electron chi connectivity index (χ3n) is 2.50. The van der Waals surface area contributed by atoms with Crippen molar-refractivity contribution in [1.82, 2.24) is 9.97 Å². The quantitative estimate of drug-likeness (QED) is 0.898. The lowest BCUT2D eigenvalue weighted by Crippen LogP contribution is -2.14. The molecule has 1 atom stereocenters. The summed E-state index contributed by atoms with van der Waals surface area (Å²) in [4.78, 5) is 8.84. The van der Waals surface area contributed by atoms with E-state index in [4.69, 9.17) is 5.73 Å². The summed E-state index contributed by atoms with van der Waals surface area (Å²) in [6.07, 6.45) is 2.80. The Balaban J connectivity index is 2.15. The van der Waals surface area contributed by atoms with Gasteiger partial charge in [0.05, 0.1) is 22.8 Å². The number of aromatic nitrogens is 2. The number of nitrogens with two attached hydrogens (primary N) is 1. The number of hydrogen-bond donors (Lipinski definition) is 2. The zero-order chi connectivity index (χ0) is 12.4. The van der Waals surface area contributed by atoms with E-state index in [-0.39, 0.29) is 6.04 Å². The van der Waals surface area contributed by atoms with E-state index in [1.165, 1.54) is 4.88 Å². The highest BCUT2D eigenvalue weighted by Gasteiger charge is 2.13. The maximum absolute atomic E-state index is 6.09. The monoisotopic (exact) mass is 313 g/mol. The van der Waals surface area contributed by atoms with Crippen LogP contribution >= 0.6 is 27.3 Å². The van der Waals surface area contributed by atoms with Crippen LogP contribution in [0.4, 0.5) is 0 Å².